The van der Waals surface area contributed by atoms with Crippen molar-refractivity contribution in [3.8, 4) is 0 Å². The molecule has 1 rings (SSSR count). The quantitative estimate of drug-likeness (QED) is 0.588. The maximum atomic E-state index is 11.6. The normalized spacial score (nSPS) is 10.7. The molecular weight excluding hydrogens is 228 g/mol. The third-order valence-corrected chi connectivity index (χ3v) is 2.95. The Balaban J connectivity index is 2.49. The molecule has 0 heterocycles. The average molecular weight is 250 g/mol. The van der Waals surface area contributed by atoms with Gasteiger partial charge in [-0.1, -0.05) is 25.1 Å². The number of benzene rings is 1. The van der Waals surface area contributed by atoms with Crippen molar-refractivity contribution in [1.29, 1.82) is 0 Å². The van der Waals surface area contributed by atoms with E-state index in [1.807, 2.05) is 18.2 Å². The number of carbonyl (C=O) groups is 1. The zero-order chi connectivity index (χ0) is 13.4. The number of nitrogens with zero attached hydrogens (tertiary/aromatic N) is 1. The van der Waals surface area contributed by atoms with E-state index in [1.54, 1.807) is 6.07 Å². The molecule has 18 heavy (non-hydrogen) atoms. The fourth-order valence-electron chi connectivity index (χ4n) is 1.63. The van der Waals surface area contributed by atoms with E-state index < -0.39 is 0 Å². The number of carbonyl (C=O) groups excluding carboxylic acids is 1. The predicted octanol–water partition coefficient (Wildman–Crippen LogP) is 1.51. The van der Waals surface area contributed by atoms with Gasteiger partial charge in [-0.3, -0.25) is 0 Å². The number of rotatable bonds is 7. The van der Waals surface area contributed by atoms with Gasteiger partial charge >= 0.3 is 5.97 Å². The predicted molar refractivity (Wildman–Crippen MR) is 72.7 cm³/mol. The molecule has 1 N–H and O–H groups in total. The molecule has 0 saturated carbocycles. The van der Waals surface area contributed by atoms with Gasteiger partial charge in [-0.25, -0.2) is 4.79 Å². The first-order valence-corrected chi connectivity index (χ1v) is 6.24. The summed E-state index contributed by atoms with van der Waals surface area (Å²) in [5.41, 5.74) is 1.61. The zero-order valence-electron chi connectivity index (χ0n) is 11.4. The summed E-state index contributed by atoms with van der Waals surface area (Å²) >= 11 is 0. The van der Waals surface area contributed by atoms with Gasteiger partial charge < -0.3 is 15.0 Å². The lowest BCUT2D eigenvalue weighted by Crippen LogP contribution is -2.29. The molecule has 0 bridgehead atoms. The lowest BCUT2D eigenvalue weighted by molar-refractivity contribution is 0.0599. The number of methoxy groups -OCH3 is 1. The van der Waals surface area contributed by atoms with Crippen LogP contribution >= 0.6 is 0 Å². The van der Waals surface area contributed by atoms with E-state index in [2.05, 4.69) is 24.2 Å². The van der Waals surface area contributed by atoms with E-state index in [0.29, 0.717) is 12.1 Å². The Hall–Kier alpha value is -1.39. The third-order valence-electron chi connectivity index (χ3n) is 2.95. The maximum Gasteiger partial charge on any atom is 0.338 e. The molecule has 1 aromatic rings. The maximum absolute atomic E-state index is 11.6. The summed E-state index contributed by atoms with van der Waals surface area (Å²) in [5.74, 6) is -0.280. The molecule has 0 spiro atoms. The third kappa shape index (κ3) is 4.47. The summed E-state index contributed by atoms with van der Waals surface area (Å²) in [4.78, 5) is 13.8. The SMILES string of the molecule is CCN(C)CCNCc1ccccc1C(=O)OC. The minimum Gasteiger partial charge on any atom is -0.465 e. The van der Waals surface area contributed by atoms with Gasteiger partial charge in [0, 0.05) is 19.6 Å². The van der Waals surface area contributed by atoms with Crippen LogP contribution in [0.4, 0.5) is 0 Å². The van der Waals surface area contributed by atoms with Gasteiger partial charge in [0.25, 0.3) is 0 Å². The van der Waals surface area contributed by atoms with Gasteiger partial charge in [0.15, 0.2) is 0 Å². The van der Waals surface area contributed by atoms with E-state index >= 15 is 0 Å². The van der Waals surface area contributed by atoms with Crippen LogP contribution in [0.2, 0.25) is 0 Å². The largest absolute Gasteiger partial charge is 0.465 e. The van der Waals surface area contributed by atoms with Gasteiger partial charge in [0.05, 0.1) is 12.7 Å². The number of nitrogens with one attached hydrogen (secondary N) is 1. The number of esters is 1. The van der Waals surface area contributed by atoms with E-state index in [9.17, 15) is 4.79 Å². The summed E-state index contributed by atoms with van der Waals surface area (Å²) in [6.07, 6.45) is 0. The van der Waals surface area contributed by atoms with E-state index in [4.69, 9.17) is 4.74 Å². The van der Waals surface area contributed by atoms with Crippen LogP contribution in [0.1, 0.15) is 22.8 Å². The van der Waals surface area contributed by atoms with Crippen molar-refractivity contribution in [3.63, 3.8) is 0 Å². The number of hydrogen-bond acceptors (Lipinski definition) is 4. The molecule has 0 aliphatic carbocycles. The monoisotopic (exact) mass is 250 g/mol. The Morgan fingerprint density at radius 3 is 2.78 bits per heavy atom. The molecule has 4 nitrogen and oxygen atoms in total. The lowest BCUT2D eigenvalue weighted by atomic mass is 10.1. The first-order chi connectivity index (χ1) is 8.69. The van der Waals surface area contributed by atoms with E-state index in [-0.39, 0.29) is 5.97 Å². The van der Waals surface area contributed by atoms with Crippen LogP contribution in [0.3, 0.4) is 0 Å². The number of likely N-dealkylation sites (N-methyl/N-ethyl adjacent to an activating group) is 1. The topological polar surface area (TPSA) is 41.6 Å². The minimum atomic E-state index is -0.280. The number of hydrogen-bond donors (Lipinski definition) is 1. The summed E-state index contributed by atoms with van der Waals surface area (Å²) in [6.45, 7) is 5.76. The molecule has 0 fully saturated rings. The fourth-order valence-corrected chi connectivity index (χ4v) is 1.63. The van der Waals surface area contributed by atoms with Gasteiger partial charge in [-0.15, -0.1) is 0 Å². The van der Waals surface area contributed by atoms with Gasteiger partial charge in [-0.05, 0) is 25.2 Å². The highest BCUT2D eigenvalue weighted by atomic mass is 16.5. The van der Waals surface area contributed by atoms with Crippen molar-refractivity contribution in [1.82, 2.24) is 10.2 Å². The molecule has 0 saturated heterocycles. The second-order valence-corrected chi connectivity index (χ2v) is 4.22. The van der Waals surface area contributed by atoms with Crippen LogP contribution in [-0.2, 0) is 11.3 Å². The second kappa shape index (κ2) is 7.84. The van der Waals surface area contributed by atoms with Crippen molar-refractivity contribution in [2.24, 2.45) is 0 Å². The van der Waals surface area contributed by atoms with Crippen LogP contribution in [0.15, 0.2) is 24.3 Å². The van der Waals surface area contributed by atoms with Crippen molar-refractivity contribution in [3.05, 3.63) is 35.4 Å². The molecule has 4 heteroatoms. The Morgan fingerprint density at radius 2 is 2.11 bits per heavy atom. The molecule has 0 aromatic heterocycles. The van der Waals surface area contributed by atoms with Crippen LogP contribution in [0, 0.1) is 0 Å². The van der Waals surface area contributed by atoms with Gasteiger partial charge in [0.1, 0.15) is 0 Å². The van der Waals surface area contributed by atoms with Crippen molar-refractivity contribution < 1.29 is 9.53 Å². The Labute approximate surface area is 109 Å². The Morgan fingerprint density at radius 1 is 1.39 bits per heavy atom. The van der Waals surface area contributed by atoms with E-state index in [0.717, 1.165) is 25.2 Å². The molecule has 100 valence electrons. The molecule has 0 amide bonds. The average Bonchev–Trinajstić information content (AvgIpc) is 2.42. The van der Waals surface area contributed by atoms with Crippen molar-refractivity contribution in [2.75, 3.05) is 33.8 Å². The summed E-state index contributed by atoms with van der Waals surface area (Å²) in [6, 6.07) is 7.52. The first-order valence-electron chi connectivity index (χ1n) is 6.24. The highest BCUT2D eigenvalue weighted by Crippen LogP contribution is 2.09. The molecule has 0 atom stereocenters. The lowest BCUT2D eigenvalue weighted by Gasteiger charge is -2.14. The van der Waals surface area contributed by atoms with Crippen LogP contribution in [0.25, 0.3) is 0 Å². The molecule has 0 unspecified atom stereocenters. The number of ether oxygens (including phenoxy) is 1. The van der Waals surface area contributed by atoms with E-state index in [1.165, 1.54) is 7.11 Å². The molecule has 0 aliphatic rings. The molecule has 0 aliphatic heterocycles. The highest BCUT2D eigenvalue weighted by molar-refractivity contribution is 5.90. The molecule has 0 radical (unpaired) electrons. The van der Waals surface area contributed by atoms with Crippen LogP contribution in [-0.4, -0.2) is 44.7 Å². The van der Waals surface area contributed by atoms with Crippen molar-refractivity contribution >= 4 is 5.97 Å². The minimum absolute atomic E-state index is 0.280. The Bertz CT molecular complexity index is 380. The van der Waals surface area contributed by atoms with Gasteiger partial charge in [0.2, 0.25) is 0 Å². The highest BCUT2D eigenvalue weighted by Gasteiger charge is 2.09. The summed E-state index contributed by atoms with van der Waals surface area (Å²) < 4.78 is 4.76. The van der Waals surface area contributed by atoms with Gasteiger partial charge in [-0.2, -0.15) is 0 Å². The smallest absolute Gasteiger partial charge is 0.338 e. The van der Waals surface area contributed by atoms with Crippen molar-refractivity contribution in [2.45, 2.75) is 13.5 Å². The second-order valence-electron chi connectivity index (χ2n) is 4.22. The Kier molecular flexibility index (Phi) is 6.39. The molecular formula is C14H22N2O2. The molecule has 1 aromatic carbocycles. The fraction of sp³-hybridized carbons (Fsp3) is 0.500. The first kappa shape index (κ1) is 14.7. The van der Waals surface area contributed by atoms with Crippen LogP contribution in [0.5, 0.6) is 0 Å². The standard InChI is InChI=1S/C14H22N2O2/c1-4-16(2)10-9-15-11-12-7-5-6-8-13(12)14(17)18-3/h5-8,15H,4,9-11H2,1-3H3. The zero-order valence-corrected chi connectivity index (χ0v) is 11.4. The summed E-state index contributed by atoms with van der Waals surface area (Å²) in [5, 5.41) is 3.34. The summed E-state index contributed by atoms with van der Waals surface area (Å²) in [7, 11) is 3.49. The van der Waals surface area contributed by atoms with Crippen LogP contribution < -0.4 is 5.32 Å².